The Morgan fingerprint density at radius 2 is 1.73 bits per heavy atom. The highest BCUT2D eigenvalue weighted by molar-refractivity contribution is 7.89. The van der Waals surface area contributed by atoms with E-state index in [1.807, 2.05) is 24.3 Å². The van der Waals surface area contributed by atoms with Crippen molar-refractivity contribution >= 4 is 26.7 Å². The topological polar surface area (TPSA) is 79.8 Å². The molecule has 1 fully saturated rings. The third-order valence-corrected chi connectivity index (χ3v) is 6.91. The molecule has 2 aromatic carbocycles. The molecule has 0 atom stereocenters. The average Bonchev–Trinajstić information content (AvgIpc) is 2.78. The molecule has 9 heteroatoms. The number of sulfonamides is 1. The molecule has 30 heavy (non-hydrogen) atoms. The maximum absolute atomic E-state index is 13.0. The molecule has 0 radical (unpaired) electrons. The quantitative estimate of drug-likeness (QED) is 0.582. The van der Waals surface area contributed by atoms with Gasteiger partial charge in [-0.3, -0.25) is 4.79 Å². The van der Waals surface area contributed by atoms with Gasteiger partial charge in [-0.15, -0.1) is 0 Å². The first kappa shape index (κ1) is 20.2. The number of benzene rings is 2. The number of amides is 1. The summed E-state index contributed by atoms with van der Waals surface area (Å²) in [7, 11) is -3.64. The van der Waals surface area contributed by atoms with Crippen LogP contribution >= 0.6 is 0 Å². The molecule has 1 aliphatic heterocycles. The van der Waals surface area contributed by atoms with Crippen LogP contribution in [0.5, 0.6) is 5.75 Å². The summed E-state index contributed by atoms with van der Waals surface area (Å²) in [5.41, 5.74) is 0. The Balaban J connectivity index is 1.36. The van der Waals surface area contributed by atoms with Crippen LogP contribution in [0.1, 0.15) is 0 Å². The van der Waals surface area contributed by atoms with E-state index in [-0.39, 0.29) is 43.6 Å². The summed E-state index contributed by atoms with van der Waals surface area (Å²) in [6, 6.07) is 15.2. The third-order valence-electron chi connectivity index (χ3n) is 5.01. The first-order valence-electron chi connectivity index (χ1n) is 9.44. The number of aromatic nitrogens is 1. The Morgan fingerprint density at radius 1 is 1.00 bits per heavy atom. The van der Waals surface area contributed by atoms with E-state index in [4.69, 9.17) is 4.74 Å². The van der Waals surface area contributed by atoms with Crippen molar-refractivity contribution in [3.05, 3.63) is 66.7 Å². The second-order valence-electron chi connectivity index (χ2n) is 6.90. The molecule has 2 heterocycles. The predicted molar refractivity (Wildman–Crippen MR) is 109 cm³/mol. The highest BCUT2D eigenvalue weighted by Crippen LogP contribution is 2.23. The number of hydrogen-bond donors (Lipinski definition) is 0. The van der Waals surface area contributed by atoms with Gasteiger partial charge in [-0.25, -0.2) is 13.4 Å². The van der Waals surface area contributed by atoms with Crippen LogP contribution in [0, 0.1) is 5.95 Å². The molecule has 7 nitrogen and oxygen atoms in total. The van der Waals surface area contributed by atoms with Crippen LogP contribution in [-0.2, 0) is 14.8 Å². The first-order valence-corrected chi connectivity index (χ1v) is 10.9. The number of pyridine rings is 1. The molecule has 0 saturated carbocycles. The molecule has 0 N–H and O–H groups in total. The standard InChI is InChI=1S/C21H20FN3O4S/c22-20-8-6-18(14-23-20)29-15-21(26)24-9-11-25(12-10-24)30(27,28)19-7-5-16-3-1-2-4-17(16)13-19/h1-8,13-14H,9-12,15H2. The zero-order valence-corrected chi connectivity index (χ0v) is 16.9. The van der Waals surface area contributed by atoms with Crippen LogP contribution in [0.15, 0.2) is 65.7 Å². The van der Waals surface area contributed by atoms with Crippen molar-refractivity contribution in [2.45, 2.75) is 4.90 Å². The number of piperazine rings is 1. The van der Waals surface area contributed by atoms with Gasteiger partial charge < -0.3 is 9.64 Å². The maximum atomic E-state index is 13.0. The summed E-state index contributed by atoms with van der Waals surface area (Å²) in [4.78, 5) is 17.6. The van der Waals surface area contributed by atoms with Crippen molar-refractivity contribution in [1.29, 1.82) is 0 Å². The molecule has 4 rings (SSSR count). The van der Waals surface area contributed by atoms with Crippen molar-refractivity contribution in [2.75, 3.05) is 32.8 Å². The lowest BCUT2D eigenvalue weighted by molar-refractivity contribution is -0.134. The summed E-state index contributed by atoms with van der Waals surface area (Å²) < 4.78 is 45.5. The zero-order valence-electron chi connectivity index (χ0n) is 16.1. The summed E-state index contributed by atoms with van der Waals surface area (Å²) in [6.07, 6.45) is 1.21. The van der Waals surface area contributed by atoms with Gasteiger partial charge in [0.05, 0.1) is 11.1 Å². The monoisotopic (exact) mass is 429 g/mol. The molecule has 0 spiro atoms. The Labute approximate surface area is 173 Å². The Morgan fingerprint density at radius 3 is 2.43 bits per heavy atom. The summed E-state index contributed by atoms with van der Waals surface area (Å²) in [5.74, 6) is -0.596. The number of carbonyl (C=O) groups is 1. The zero-order chi connectivity index (χ0) is 21.1. The minimum absolute atomic E-state index is 0.207. The highest BCUT2D eigenvalue weighted by atomic mass is 32.2. The molecule has 156 valence electrons. The molecule has 1 aromatic heterocycles. The minimum atomic E-state index is -3.64. The van der Waals surface area contributed by atoms with Gasteiger partial charge >= 0.3 is 0 Å². The van der Waals surface area contributed by atoms with Gasteiger partial charge in [-0.05, 0) is 35.0 Å². The maximum Gasteiger partial charge on any atom is 0.260 e. The molecule has 1 amide bonds. The molecular weight excluding hydrogens is 409 g/mol. The number of rotatable bonds is 5. The second-order valence-corrected chi connectivity index (χ2v) is 8.84. The van der Waals surface area contributed by atoms with Gasteiger partial charge in [0.25, 0.3) is 5.91 Å². The van der Waals surface area contributed by atoms with E-state index < -0.39 is 16.0 Å². The van der Waals surface area contributed by atoms with Crippen LogP contribution in [-0.4, -0.2) is 61.3 Å². The normalized spacial score (nSPS) is 15.3. The highest BCUT2D eigenvalue weighted by Gasteiger charge is 2.30. The minimum Gasteiger partial charge on any atom is -0.482 e. The summed E-state index contributed by atoms with van der Waals surface area (Å²) >= 11 is 0. The predicted octanol–water partition coefficient (Wildman–Crippen LogP) is 2.29. The van der Waals surface area contributed by atoms with Crippen molar-refractivity contribution < 1.29 is 22.3 Å². The fraction of sp³-hybridized carbons (Fsp3) is 0.238. The number of ether oxygens (including phenoxy) is 1. The number of nitrogens with zero attached hydrogens (tertiary/aromatic N) is 3. The lowest BCUT2D eigenvalue weighted by atomic mass is 10.1. The summed E-state index contributed by atoms with van der Waals surface area (Å²) in [6.45, 7) is 0.746. The van der Waals surface area contributed by atoms with Gasteiger partial charge in [0.2, 0.25) is 16.0 Å². The van der Waals surface area contributed by atoms with Gasteiger partial charge in [0.15, 0.2) is 6.61 Å². The Hall–Kier alpha value is -3.04. The first-order chi connectivity index (χ1) is 14.4. The Bertz CT molecular complexity index is 1160. The van der Waals surface area contributed by atoms with Crippen molar-refractivity contribution in [2.24, 2.45) is 0 Å². The largest absolute Gasteiger partial charge is 0.482 e. The fourth-order valence-electron chi connectivity index (χ4n) is 3.34. The van der Waals surface area contributed by atoms with Crippen LogP contribution in [0.2, 0.25) is 0 Å². The van der Waals surface area contributed by atoms with Crippen molar-refractivity contribution in [3.8, 4) is 5.75 Å². The molecule has 1 saturated heterocycles. The van der Waals surface area contributed by atoms with E-state index in [0.29, 0.717) is 5.75 Å². The lowest BCUT2D eigenvalue weighted by Gasteiger charge is -2.34. The fourth-order valence-corrected chi connectivity index (χ4v) is 4.80. The molecule has 0 bridgehead atoms. The van der Waals surface area contributed by atoms with E-state index >= 15 is 0 Å². The van der Waals surface area contributed by atoms with Crippen LogP contribution < -0.4 is 4.74 Å². The smallest absolute Gasteiger partial charge is 0.260 e. The molecule has 3 aromatic rings. The number of carbonyl (C=O) groups excluding carboxylic acids is 1. The number of hydrogen-bond acceptors (Lipinski definition) is 5. The lowest BCUT2D eigenvalue weighted by Crippen LogP contribution is -2.51. The van der Waals surface area contributed by atoms with Crippen LogP contribution in [0.25, 0.3) is 10.8 Å². The van der Waals surface area contributed by atoms with Crippen molar-refractivity contribution in [3.63, 3.8) is 0 Å². The van der Waals surface area contributed by atoms with Gasteiger partial charge in [0, 0.05) is 26.2 Å². The van der Waals surface area contributed by atoms with E-state index in [9.17, 15) is 17.6 Å². The molecule has 0 unspecified atom stereocenters. The molecular formula is C21H20FN3O4S. The Kier molecular flexibility index (Phi) is 5.65. The van der Waals surface area contributed by atoms with Crippen LogP contribution in [0.4, 0.5) is 4.39 Å². The number of halogens is 1. The van der Waals surface area contributed by atoms with E-state index in [0.717, 1.165) is 16.8 Å². The average molecular weight is 429 g/mol. The molecule has 0 aliphatic carbocycles. The summed E-state index contributed by atoms with van der Waals surface area (Å²) in [5, 5.41) is 1.84. The third kappa shape index (κ3) is 4.27. The van der Waals surface area contributed by atoms with E-state index in [1.54, 1.807) is 23.1 Å². The van der Waals surface area contributed by atoms with E-state index in [2.05, 4.69) is 4.98 Å². The van der Waals surface area contributed by atoms with Crippen molar-refractivity contribution in [1.82, 2.24) is 14.2 Å². The van der Waals surface area contributed by atoms with Gasteiger partial charge in [-0.1, -0.05) is 30.3 Å². The van der Waals surface area contributed by atoms with Gasteiger partial charge in [-0.2, -0.15) is 8.70 Å². The second kappa shape index (κ2) is 8.37. The van der Waals surface area contributed by atoms with E-state index in [1.165, 1.54) is 16.6 Å². The molecule has 1 aliphatic rings. The van der Waals surface area contributed by atoms with Gasteiger partial charge in [0.1, 0.15) is 5.75 Å². The van der Waals surface area contributed by atoms with Crippen LogP contribution in [0.3, 0.4) is 0 Å². The SMILES string of the molecule is O=C(COc1ccc(F)nc1)N1CCN(S(=O)(=O)c2ccc3ccccc3c2)CC1. The number of fused-ring (bicyclic) bond motifs is 1.